The van der Waals surface area contributed by atoms with Crippen molar-refractivity contribution in [3.8, 4) is 11.5 Å². The maximum atomic E-state index is 13.4. The van der Waals surface area contributed by atoms with Crippen LogP contribution < -0.4 is 9.47 Å². The van der Waals surface area contributed by atoms with E-state index in [-0.39, 0.29) is 32.3 Å². The number of rotatable bonds is 10. The average Bonchev–Trinajstić information content (AvgIpc) is 3.01. The molecule has 0 heterocycles. The van der Waals surface area contributed by atoms with Crippen LogP contribution in [0.3, 0.4) is 0 Å². The Morgan fingerprint density at radius 3 is 2.14 bits per heavy atom. The first-order chi connectivity index (χ1) is 20.4. The molecule has 0 spiro atoms. The number of benzene rings is 4. The second kappa shape index (κ2) is 11.3. The summed E-state index contributed by atoms with van der Waals surface area (Å²) in [5.74, 6) is -0.355. The van der Waals surface area contributed by atoms with Crippen LogP contribution in [0.5, 0.6) is 11.5 Å². The number of ether oxygens (including phenoxy) is 4. The highest BCUT2D eigenvalue weighted by Crippen LogP contribution is 2.58. The number of fused-ring (bicyclic) bond motifs is 2. The molecule has 0 aliphatic heterocycles. The highest BCUT2D eigenvalue weighted by atomic mass is 16.6. The Morgan fingerprint density at radius 2 is 1.45 bits per heavy atom. The van der Waals surface area contributed by atoms with Crippen molar-refractivity contribution in [3.63, 3.8) is 0 Å². The van der Waals surface area contributed by atoms with E-state index in [0.29, 0.717) is 17.9 Å². The third-order valence-corrected chi connectivity index (χ3v) is 8.18. The molecule has 0 radical (unpaired) electrons. The van der Waals surface area contributed by atoms with Gasteiger partial charge in [-0.1, -0.05) is 78.9 Å². The minimum Gasteiger partial charge on any atom is -0.489 e. The molecule has 4 aromatic rings. The number of carbonyl (C=O) groups excluding carboxylic acids is 2. The van der Waals surface area contributed by atoms with Gasteiger partial charge in [0.2, 0.25) is 0 Å². The molecule has 0 saturated heterocycles. The molecule has 0 fully saturated rings. The summed E-state index contributed by atoms with van der Waals surface area (Å²) in [6.45, 7) is 5.91. The van der Waals surface area contributed by atoms with Crippen molar-refractivity contribution in [2.75, 3.05) is 26.4 Å². The molecular formula is C35H32O7. The Balaban J connectivity index is 1.12. The van der Waals surface area contributed by atoms with Crippen molar-refractivity contribution in [1.29, 1.82) is 0 Å². The molecule has 1 N–H and O–H groups in total. The molecule has 214 valence electrons. The van der Waals surface area contributed by atoms with E-state index in [0.717, 1.165) is 44.7 Å². The standard InChI is InChI=1S/C35H32O7/c1-3-33(36)41-18-16-39-31-14-15-32(25-10-5-4-9-24(25)31)40-17-19-42-34(37)30-21-26-23-8-6-7-11-28(23)35(30,38)29-13-12-22(2)20-27(26)29/h3-15,20,26,30,38H,1,16-19,21H2,2H3. The van der Waals surface area contributed by atoms with Gasteiger partial charge in [-0.05, 0) is 47.7 Å². The van der Waals surface area contributed by atoms with E-state index in [1.165, 1.54) is 0 Å². The molecular weight excluding hydrogens is 532 g/mol. The Morgan fingerprint density at radius 1 is 0.833 bits per heavy atom. The Hall–Kier alpha value is -4.62. The van der Waals surface area contributed by atoms with Gasteiger partial charge in [0.1, 0.15) is 43.5 Å². The zero-order valence-corrected chi connectivity index (χ0v) is 23.4. The number of aliphatic hydroxyl groups is 1. The van der Waals surface area contributed by atoms with Crippen molar-refractivity contribution < 1.29 is 33.6 Å². The highest BCUT2D eigenvalue weighted by Gasteiger charge is 2.56. The maximum Gasteiger partial charge on any atom is 0.330 e. The molecule has 7 heteroatoms. The normalized spacial score (nSPS) is 19.9. The zero-order chi connectivity index (χ0) is 29.3. The molecule has 7 nitrogen and oxygen atoms in total. The molecule has 0 amide bonds. The average molecular weight is 565 g/mol. The van der Waals surface area contributed by atoms with Crippen molar-refractivity contribution in [2.45, 2.75) is 24.9 Å². The molecule has 3 unspecified atom stereocenters. The SMILES string of the molecule is C=CC(=O)OCCOc1ccc(OCCOC(=O)C2CC3c4ccccc4C2(O)c2ccc(C)cc23)c2ccccc12. The summed E-state index contributed by atoms with van der Waals surface area (Å²) >= 11 is 0. The first kappa shape index (κ1) is 27.5. The molecule has 4 aromatic carbocycles. The number of aryl methyl sites for hydroxylation is 1. The van der Waals surface area contributed by atoms with Crippen molar-refractivity contribution in [2.24, 2.45) is 5.92 Å². The fourth-order valence-corrected chi connectivity index (χ4v) is 6.32. The van der Waals surface area contributed by atoms with Crippen LogP contribution in [0.15, 0.2) is 91.5 Å². The second-order valence-electron chi connectivity index (χ2n) is 10.6. The summed E-state index contributed by atoms with van der Waals surface area (Å²) in [6, 6.07) is 25.1. The second-order valence-corrected chi connectivity index (χ2v) is 10.6. The molecule has 42 heavy (non-hydrogen) atoms. The fourth-order valence-electron chi connectivity index (χ4n) is 6.32. The molecule has 3 aliphatic carbocycles. The summed E-state index contributed by atoms with van der Waals surface area (Å²) in [4.78, 5) is 24.7. The summed E-state index contributed by atoms with van der Waals surface area (Å²) in [7, 11) is 0. The fraction of sp³-hybridized carbons (Fsp3) is 0.257. The molecule has 3 atom stereocenters. The lowest BCUT2D eigenvalue weighted by molar-refractivity contribution is -0.160. The largest absolute Gasteiger partial charge is 0.489 e. The summed E-state index contributed by atoms with van der Waals surface area (Å²) in [6.07, 6.45) is 1.60. The van der Waals surface area contributed by atoms with E-state index in [2.05, 4.69) is 12.6 Å². The summed E-state index contributed by atoms with van der Waals surface area (Å²) < 4.78 is 22.5. The lowest BCUT2D eigenvalue weighted by Crippen LogP contribution is -2.50. The monoisotopic (exact) mass is 564 g/mol. The third-order valence-electron chi connectivity index (χ3n) is 8.18. The minimum atomic E-state index is -1.44. The van der Waals surface area contributed by atoms with E-state index in [9.17, 15) is 14.7 Å². The van der Waals surface area contributed by atoms with Gasteiger partial charge in [0.15, 0.2) is 0 Å². The van der Waals surface area contributed by atoms with Gasteiger partial charge < -0.3 is 24.1 Å². The van der Waals surface area contributed by atoms with Crippen molar-refractivity contribution in [3.05, 3.63) is 119 Å². The topological polar surface area (TPSA) is 91.3 Å². The van der Waals surface area contributed by atoms with Crippen LogP contribution in [0, 0.1) is 12.8 Å². The van der Waals surface area contributed by atoms with E-state index in [1.54, 1.807) is 12.1 Å². The number of hydrogen-bond acceptors (Lipinski definition) is 7. The van der Waals surface area contributed by atoms with Gasteiger partial charge >= 0.3 is 11.9 Å². The van der Waals surface area contributed by atoms with Crippen LogP contribution in [0.2, 0.25) is 0 Å². The summed E-state index contributed by atoms with van der Waals surface area (Å²) in [5, 5.41) is 13.8. The predicted octanol–water partition coefficient (Wildman–Crippen LogP) is 5.58. The molecule has 2 bridgehead atoms. The number of hydrogen-bond donors (Lipinski definition) is 1. The Labute approximate surface area is 244 Å². The van der Waals surface area contributed by atoms with Crippen molar-refractivity contribution in [1.82, 2.24) is 0 Å². The van der Waals surface area contributed by atoms with Crippen LogP contribution in [-0.2, 0) is 24.7 Å². The summed E-state index contributed by atoms with van der Waals surface area (Å²) in [5.41, 5.74) is 3.41. The van der Waals surface area contributed by atoms with Crippen LogP contribution in [0.25, 0.3) is 10.8 Å². The van der Waals surface area contributed by atoms with E-state index in [4.69, 9.17) is 18.9 Å². The van der Waals surface area contributed by atoms with Gasteiger partial charge in [0.05, 0.1) is 5.92 Å². The molecule has 7 rings (SSSR count). The lowest BCUT2D eigenvalue weighted by Gasteiger charge is -2.50. The molecule has 0 aromatic heterocycles. The van der Waals surface area contributed by atoms with Gasteiger partial charge in [-0.25, -0.2) is 4.79 Å². The quantitative estimate of drug-likeness (QED) is 0.153. The first-order valence-corrected chi connectivity index (χ1v) is 14.1. The lowest BCUT2D eigenvalue weighted by atomic mass is 9.56. The molecule has 0 saturated carbocycles. The third kappa shape index (κ3) is 4.80. The van der Waals surface area contributed by atoms with E-state index < -0.39 is 23.5 Å². The Bertz CT molecular complexity index is 1680. The predicted molar refractivity (Wildman–Crippen MR) is 158 cm³/mol. The van der Waals surface area contributed by atoms with Crippen LogP contribution in [0.1, 0.15) is 40.2 Å². The van der Waals surface area contributed by atoms with Gasteiger partial charge in [-0.3, -0.25) is 4.79 Å². The van der Waals surface area contributed by atoms with Crippen LogP contribution in [0.4, 0.5) is 0 Å². The smallest absolute Gasteiger partial charge is 0.330 e. The minimum absolute atomic E-state index is 0.0278. The van der Waals surface area contributed by atoms with Gasteiger partial charge in [0, 0.05) is 22.8 Å². The first-order valence-electron chi connectivity index (χ1n) is 14.1. The van der Waals surface area contributed by atoms with Crippen molar-refractivity contribution >= 4 is 22.7 Å². The Kier molecular flexibility index (Phi) is 7.43. The van der Waals surface area contributed by atoms with Gasteiger partial charge in [0.25, 0.3) is 0 Å². The molecule has 3 aliphatic rings. The van der Waals surface area contributed by atoms with Crippen LogP contribution >= 0.6 is 0 Å². The maximum absolute atomic E-state index is 13.4. The van der Waals surface area contributed by atoms with E-state index >= 15 is 0 Å². The highest BCUT2D eigenvalue weighted by molar-refractivity contribution is 5.93. The van der Waals surface area contributed by atoms with Crippen LogP contribution in [-0.4, -0.2) is 43.5 Å². The zero-order valence-electron chi connectivity index (χ0n) is 23.4. The van der Waals surface area contributed by atoms with Gasteiger partial charge in [-0.15, -0.1) is 0 Å². The number of esters is 2. The van der Waals surface area contributed by atoms with E-state index in [1.807, 2.05) is 67.6 Å². The number of carbonyl (C=O) groups is 2. The van der Waals surface area contributed by atoms with Gasteiger partial charge in [-0.2, -0.15) is 0 Å².